The van der Waals surface area contributed by atoms with Gasteiger partial charge in [0.1, 0.15) is 0 Å². The van der Waals surface area contributed by atoms with Crippen LogP contribution in [0.15, 0.2) is 23.9 Å². The summed E-state index contributed by atoms with van der Waals surface area (Å²) in [5.41, 5.74) is 8.62. The summed E-state index contributed by atoms with van der Waals surface area (Å²) in [6.07, 6.45) is 8.59. The van der Waals surface area contributed by atoms with Gasteiger partial charge in [0.25, 0.3) is 0 Å². The minimum absolute atomic E-state index is 0.302. The van der Waals surface area contributed by atoms with Gasteiger partial charge < -0.3 is 5.73 Å². The summed E-state index contributed by atoms with van der Waals surface area (Å²) in [4.78, 5) is 0. The molecule has 3 heteroatoms. The number of nitrogens with two attached hydrogens (primary N) is 1. The first-order chi connectivity index (χ1) is 6.75. The summed E-state index contributed by atoms with van der Waals surface area (Å²) in [7, 11) is 1.99. The molecule has 1 heterocycles. The predicted octanol–water partition coefficient (Wildman–Crippen LogP) is 1.40. The van der Waals surface area contributed by atoms with Gasteiger partial charge in [0.15, 0.2) is 0 Å². The van der Waals surface area contributed by atoms with Crippen molar-refractivity contribution in [3.63, 3.8) is 0 Å². The molecule has 0 amide bonds. The topological polar surface area (TPSA) is 43.8 Å². The fourth-order valence-electron chi connectivity index (χ4n) is 1.96. The van der Waals surface area contributed by atoms with Gasteiger partial charge in [-0.05, 0) is 31.7 Å². The first-order valence-electron chi connectivity index (χ1n) is 5.18. The number of hydrogen-bond acceptors (Lipinski definition) is 2. The van der Waals surface area contributed by atoms with E-state index in [1.807, 2.05) is 17.9 Å². The quantitative estimate of drug-likeness (QED) is 0.734. The van der Waals surface area contributed by atoms with Crippen molar-refractivity contribution >= 4 is 0 Å². The van der Waals surface area contributed by atoms with Crippen LogP contribution < -0.4 is 5.73 Å². The minimum Gasteiger partial charge on any atom is -0.324 e. The molecule has 0 radical (unpaired) electrons. The van der Waals surface area contributed by atoms with E-state index in [0.717, 1.165) is 19.3 Å². The second kappa shape index (κ2) is 3.96. The molecule has 1 aliphatic carbocycles. The Kier molecular flexibility index (Phi) is 2.68. The molecule has 2 rings (SSSR count). The molecular weight excluding hydrogens is 174 g/mol. The standard InChI is InChI=1S/C11H17N3/c1-14-11(6-7-13-14)5-3-9-2-4-10(12)8-9/h6-8,10H,2-5,12H2,1H3. The van der Waals surface area contributed by atoms with Gasteiger partial charge in [0.2, 0.25) is 0 Å². The largest absolute Gasteiger partial charge is 0.324 e. The van der Waals surface area contributed by atoms with Crippen molar-refractivity contribution in [2.24, 2.45) is 12.8 Å². The summed E-state index contributed by atoms with van der Waals surface area (Å²) in [6, 6.07) is 2.38. The van der Waals surface area contributed by atoms with E-state index in [0.29, 0.717) is 6.04 Å². The van der Waals surface area contributed by atoms with Crippen molar-refractivity contribution in [1.29, 1.82) is 0 Å². The van der Waals surface area contributed by atoms with E-state index < -0.39 is 0 Å². The Morgan fingerprint density at radius 2 is 2.43 bits per heavy atom. The number of aryl methyl sites for hydroxylation is 2. The van der Waals surface area contributed by atoms with Crippen LogP contribution in [0.1, 0.15) is 25.0 Å². The second-order valence-electron chi connectivity index (χ2n) is 3.97. The summed E-state index contributed by atoms with van der Waals surface area (Å²) >= 11 is 0. The fourth-order valence-corrected chi connectivity index (χ4v) is 1.96. The Bertz CT molecular complexity index is 338. The van der Waals surface area contributed by atoms with Crippen LogP contribution in [0.2, 0.25) is 0 Å². The van der Waals surface area contributed by atoms with Gasteiger partial charge in [-0.2, -0.15) is 5.10 Å². The van der Waals surface area contributed by atoms with Crippen LogP contribution in [0.5, 0.6) is 0 Å². The number of hydrogen-bond donors (Lipinski definition) is 1. The first-order valence-corrected chi connectivity index (χ1v) is 5.18. The SMILES string of the molecule is Cn1nccc1CCC1=CC(N)CC1. The van der Waals surface area contributed by atoms with E-state index in [2.05, 4.69) is 17.2 Å². The van der Waals surface area contributed by atoms with E-state index >= 15 is 0 Å². The molecule has 1 aliphatic rings. The Labute approximate surface area is 84.6 Å². The molecule has 0 aliphatic heterocycles. The van der Waals surface area contributed by atoms with Gasteiger partial charge in [0.05, 0.1) is 0 Å². The highest BCUT2D eigenvalue weighted by Crippen LogP contribution is 2.21. The molecule has 0 fully saturated rings. The normalized spacial score (nSPS) is 21.3. The highest BCUT2D eigenvalue weighted by molar-refractivity contribution is 5.15. The van der Waals surface area contributed by atoms with Crippen LogP contribution in [-0.2, 0) is 13.5 Å². The zero-order valence-corrected chi connectivity index (χ0v) is 8.61. The number of aromatic nitrogens is 2. The zero-order chi connectivity index (χ0) is 9.97. The maximum atomic E-state index is 5.81. The number of nitrogens with zero attached hydrogens (tertiary/aromatic N) is 2. The molecule has 0 aromatic carbocycles. The molecule has 1 unspecified atom stereocenters. The van der Waals surface area contributed by atoms with Crippen molar-refractivity contribution < 1.29 is 0 Å². The van der Waals surface area contributed by atoms with Gasteiger partial charge in [0, 0.05) is 25.0 Å². The van der Waals surface area contributed by atoms with Crippen molar-refractivity contribution in [3.8, 4) is 0 Å². The predicted molar refractivity (Wildman–Crippen MR) is 56.8 cm³/mol. The minimum atomic E-state index is 0.302. The molecular formula is C11H17N3. The van der Waals surface area contributed by atoms with Crippen molar-refractivity contribution in [1.82, 2.24) is 9.78 Å². The third kappa shape index (κ3) is 2.04. The van der Waals surface area contributed by atoms with Crippen molar-refractivity contribution in [3.05, 3.63) is 29.6 Å². The lowest BCUT2D eigenvalue weighted by Crippen LogP contribution is -2.11. The highest BCUT2D eigenvalue weighted by atomic mass is 15.2. The second-order valence-corrected chi connectivity index (χ2v) is 3.97. The number of rotatable bonds is 3. The van der Waals surface area contributed by atoms with Gasteiger partial charge in [-0.3, -0.25) is 4.68 Å². The van der Waals surface area contributed by atoms with Crippen LogP contribution in [0.25, 0.3) is 0 Å². The third-order valence-electron chi connectivity index (χ3n) is 2.87. The molecule has 0 bridgehead atoms. The Morgan fingerprint density at radius 3 is 3.00 bits per heavy atom. The molecule has 76 valence electrons. The van der Waals surface area contributed by atoms with E-state index in [9.17, 15) is 0 Å². The fraction of sp³-hybridized carbons (Fsp3) is 0.545. The monoisotopic (exact) mass is 191 g/mol. The molecule has 1 atom stereocenters. The van der Waals surface area contributed by atoms with Crippen molar-refractivity contribution in [2.45, 2.75) is 31.7 Å². The molecule has 0 saturated heterocycles. The summed E-state index contributed by atoms with van der Waals surface area (Å²) in [5, 5.41) is 4.15. The van der Waals surface area contributed by atoms with Crippen LogP contribution in [0.3, 0.4) is 0 Å². The molecule has 0 saturated carbocycles. The lowest BCUT2D eigenvalue weighted by Gasteiger charge is -2.02. The number of allylic oxidation sites excluding steroid dienone is 1. The van der Waals surface area contributed by atoms with E-state index in [1.54, 1.807) is 0 Å². The summed E-state index contributed by atoms with van der Waals surface area (Å²) < 4.78 is 1.94. The van der Waals surface area contributed by atoms with E-state index in [-0.39, 0.29) is 0 Å². The van der Waals surface area contributed by atoms with Crippen LogP contribution in [0, 0.1) is 0 Å². The summed E-state index contributed by atoms with van der Waals surface area (Å²) in [6.45, 7) is 0. The Hall–Kier alpha value is -1.09. The molecule has 1 aromatic rings. The van der Waals surface area contributed by atoms with E-state index in [4.69, 9.17) is 5.73 Å². The molecule has 2 N–H and O–H groups in total. The van der Waals surface area contributed by atoms with Gasteiger partial charge in [-0.25, -0.2) is 0 Å². The first kappa shape index (κ1) is 9.46. The van der Waals surface area contributed by atoms with Gasteiger partial charge in [-0.15, -0.1) is 0 Å². The van der Waals surface area contributed by atoms with Gasteiger partial charge >= 0.3 is 0 Å². The van der Waals surface area contributed by atoms with E-state index in [1.165, 1.54) is 17.7 Å². The Morgan fingerprint density at radius 1 is 1.57 bits per heavy atom. The van der Waals surface area contributed by atoms with Gasteiger partial charge in [-0.1, -0.05) is 11.6 Å². The molecule has 3 nitrogen and oxygen atoms in total. The highest BCUT2D eigenvalue weighted by Gasteiger charge is 2.11. The molecule has 1 aromatic heterocycles. The Balaban J connectivity index is 1.89. The third-order valence-corrected chi connectivity index (χ3v) is 2.87. The smallest absolute Gasteiger partial charge is 0.0492 e. The van der Waals surface area contributed by atoms with Crippen molar-refractivity contribution in [2.75, 3.05) is 0 Å². The maximum absolute atomic E-state index is 5.81. The zero-order valence-electron chi connectivity index (χ0n) is 8.61. The van der Waals surface area contributed by atoms with Crippen LogP contribution in [0.4, 0.5) is 0 Å². The maximum Gasteiger partial charge on any atom is 0.0492 e. The van der Waals surface area contributed by atoms with Crippen LogP contribution >= 0.6 is 0 Å². The lowest BCUT2D eigenvalue weighted by molar-refractivity contribution is 0.695. The molecule has 14 heavy (non-hydrogen) atoms. The summed E-state index contributed by atoms with van der Waals surface area (Å²) in [5.74, 6) is 0. The average molecular weight is 191 g/mol. The lowest BCUT2D eigenvalue weighted by atomic mass is 10.1. The van der Waals surface area contributed by atoms with Crippen LogP contribution in [-0.4, -0.2) is 15.8 Å². The molecule has 0 spiro atoms. The average Bonchev–Trinajstić information content (AvgIpc) is 2.72.